The zero-order chi connectivity index (χ0) is 7.72. The van der Waals surface area contributed by atoms with Crippen LogP contribution in [0.1, 0.15) is 20.8 Å². The lowest BCUT2D eigenvalue weighted by atomic mass is 10.1. The predicted molar refractivity (Wildman–Crippen MR) is 47.3 cm³/mol. The largest absolute Gasteiger partial charge is 0.379 e. The van der Waals surface area contributed by atoms with Crippen molar-refractivity contribution < 1.29 is 0 Å². The SMILES string of the molecule is CC(C)C1SC(N)=NC1C. The predicted octanol–water partition coefficient (Wildman–Crippen LogP) is 1.46. The maximum absolute atomic E-state index is 5.57. The van der Waals surface area contributed by atoms with Crippen LogP contribution in [0.15, 0.2) is 4.99 Å². The zero-order valence-corrected chi connectivity index (χ0v) is 7.48. The summed E-state index contributed by atoms with van der Waals surface area (Å²) in [6.07, 6.45) is 0. The minimum absolute atomic E-state index is 0.407. The van der Waals surface area contributed by atoms with Crippen LogP contribution >= 0.6 is 11.8 Å². The Kier molecular flexibility index (Phi) is 2.24. The van der Waals surface area contributed by atoms with E-state index >= 15 is 0 Å². The van der Waals surface area contributed by atoms with Crippen molar-refractivity contribution in [2.75, 3.05) is 0 Å². The minimum Gasteiger partial charge on any atom is -0.379 e. The van der Waals surface area contributed by atoms with Gasteiger partial charge in [-0.2, -0.15) is 0 Å². The first-order valence-electron chi connectivity index (χ1n) is 3.61. The molecule has 2 atom stereocenters. The van der Waals surface area contributed by atoms with Gasteiger partial charge in [0.05, 0.1) is 6.04 Å². The summed E-state index contributed by atoms with van der Waals surface area (Å²) in [5, 5.41) is 1.35. The molecule has 2 unspecified atom stereocenters. The second-order valence-electron chi connectivity index (χ2n) is 3.03. The maximum atomic E-state index is 5.57. The molecule has 0 amide bonds. The van der Waals surface area contributed by atoms with Crippen molar-refractivity contribution in [3.05, 3.63) is 0 Å². The molecule has 3 heteroatoms. The van der Waals surface area contributed by atoms with E-state index in [1.807, 2.05) is 0 Å². The van der Waals surface area contributed by atoms with Gasteiger partial charge < -0.3 is 5.73 Å². The number of nitrogens with two attached hydrogens (primary N) is 1. The summed E-state index contributed by atoms with van der Waals surface area (Å²) in [4.78, 5) is 4.25. The van der Waals surface area contributed by atoms with Crippen molar-refractivity contribution in [3.63, 3.8) is 0 Å². The first kappa shape index (κ1) is 7.92. The number of rotatable bonds is 1. The smallest absolute Gasteiger partial charge is 0.154 e. The highest BCUT2D eigenvalue weighted by atomic mass is 32.2. The summed E-state index contributed by atoms with van der Waals surface area (Å²) in [5.41, 5.74) is 5.57. The molecule has 2 N–H and O–H groups in total. The van der Waals surface area contributed by atoms with Gasteiger partial charge in [-0.3, -0.25) is 4.99 Å². The number of amidine groups is 1. The summed E-state index contributed by atoms with van der Waals surface area (Å²) in [5.74, 6) is 0.671. The average molecular weight is 158 g/mol. The highest BCUT2D eigenvalue weighted by Gasteiger charge is 2.27. The molecule has 2 nitrogen and oxygen atoms in total. The van der Waals surface area contributed by atoms with Crippen LogP contribution in [0.2, 0.25) is 0 Å². The molecule has 0 aromatic heterocycles. The fourth-order valence-electron chi connectivity index (χ4n) is 1.24. The summed E-state index contributed by atoms with van der Waals surface area (Å²) < 4.78 is 0. The molecular formula is C7H14N2S. The van der Waals surface area contributed by atoms with E-state index in [0.717, 1.165) is 5.17 Å². The Morgan fingerprint density at radius 3 is 2.40 bits per heavy atom. The van der Waals surface area contributed by atoms with Crippen LogP contribution in [0, 0.1) is 5.92 Å². The molecule has 0 aromatic rings. The molecule has 1 aliphatic heterocycles. The van der Waals surface area contributed by atoms with Gasteiger partial charge >= 0.3 is 0 Å². The lowest BCUT2D eigenvalue weighted by Crippen LogP contribution is -2.20. The molecule has 0 saturated heterocycles. The van der Waals surface area contributed by atoms with Gasteiger partial charge in [-0.15, -0.1) is 0 Å². The number of hydrogen-bond acceptors (Lipinski definition) is 3. The van der Waals surface area contributed by atoms with Crippen molar-refractivity contribution >= 4 is 16.9 Å². The molecule has 0 spiro atoms. The normalized spacial score (nSPS) is 33.0. The molecule has 0 aliphatic carbocycles. The standard InChI is InChI=1S/C7H14N2S/c1-4(2)6-5(3)9-7(8)10-6/h4-6H,1-3H3,(H2,8,9). The Bertz CT molecular complexity index is 154. The number of aliphatic imine (C=N–C) groups is 1. The summed E-state index contributed by atoms with van der Waals surface area (Å²) >= 11 is 1.71. The summed E-state index contributed by atoms with van der Waals surface area (Å²) in [7, 11) is 0. The minimum atomic E-state index is 0.407. The molecule has 0 saturated carbocycles. The maximum Gasteiger partial charge on any atom is 0.154 e. The third-order valence-electron chi connectivity index (χ3n) is 1.72. The van der Waals surface area contributed by atoms with E-state index in [9.17, 15) is 0 Å². The fourth-order valence-corrected chi connectivity index (χ4v) is 2.27. The fraction of sp³-hybridized carbons (Fsp3) is 0.857. The van der Waals surface area contributed by atoms with Gasteiger partial charge in [0, 0.05) is 5.25 Å². The van der Waals surface area contributed by atoms with Crippen molar-refractivity contribution in [2.45, 2.75) is 32.1 Å². The molecule has 0 fully saturated rings. The Labute approximate surface area is 66.3 Å². The van der Waals surface area contributed by atoms with Gasteiger partial charge in [0.25, 0.3) is 0 Å². The van der Waals surface area contributed by atoms with Crippen molar-refractivity contribution in [2.24, 2.45) is 16.6 Å². The van der Waals surface area contributed by atoms with Crippen LogP contribution in [-0.2, 0) is 0 Å². The van der Waals surface area contributed by atoms with E-state index in [2.05, 4.69) is 25.8 Å². The average Bonchev–Trinajstić information content (AvgIpc) is 2.10. The van der Waals surface area contributed by atoms with Gasteiger partial charge in [-0.1, -0.05) is 25.6 Å². The lowest BCUT2D eigenvalue weighted by Gasteiger charge is -2.16. The van der Waals surface area contributed by atoms with Crippen LogP contribution in [0.5, 0.6) is 0 Å². The quantitative estimate of drug-likeness (QED) is 0.627. The number of thioether (sulfide) groups is 1. The molecule has 1 rings (SSSR count). The molecule has 0 bridgehead atoms. The zero-order valence-electron chi connectivity index (χ0n) is 6.66. The second kappa shape index (κ2) is 2.82. The van der Waals surface area contributed by atoms with Crippen LogP contribution < -0.4 is 5.73 Å². The Morgan fingerprint density at radius 2 is 2.20 bits per heavy atom. The summed E-state index contributed by atoms with van der Waals surface area (Å²) in [6, 6.07) is 0.407. The van der Waals surface area contributed by atoms with E-state index in [4.69, 9.17) is 5.73 Å². The number of hydrogen-bond donors (Lipinski definition) is 1. The van der Waals surface area contributed by atoms with Gasteiger partial charge in [-0.25, -0.2) is 0 Å². The van der Waals surface area contributed by atoms with Crippen LogP contribution in [0.3, 0.4) is 0 Å². The second-order valence-corrected chi connectivity index (χ2v) is 4.23. The molecule has 58 valence electrons. The topological polar surface area (TPSA) is 38.4 Å². The molecule has 0 radical (unpaired) electrons. The highest BCUT2D eigenvalue weighted by molar-refractivity contribution is 8.14. The van der Waals surface area contributed by atoms with Gasteiger partial charge in [0.15, 0.2) is 5.17 Å². The third-order valence-corrected chi connectivity index (χ3v) is 3.28. The van der Waals surface area contributed by atoms with Crippen molar-refractivity contribution in [1.29, 1.82) is 0 Å². The van der Waals surface area contributed by atoms with Crippen LogP contribution in [0.4, 0.5) is 0 Å². The molecule has 1 heterocycles. The Hall–Kier alpha value is -0.180. The first-order valence-corrected chi connectivity index (χ1v) is 4.49. The van der Waals surface area contributed by atoms with Gasteiger partial charge in [0.2, 0.25) is 0 Å². The monoisotopic (exact) mass is 158 g/mol. The summed E-state index contributed by atoms with van der Waals surface area (Å²) in [6.45, 7) is 6.54. The number of nitrogens with zero attached hydrogens (tertiary/aromatic N) is 1. The molecule has 0 aromatic carbocycles. The van der Waals surface area contributed by atoms with E-state index in [-0.39, 0.29) is 0 Å². The highest BCUT2D eigenvalue weighted by Crippen LogP contribution is 2.29. The van der Waals surface area contributed by atoms with E-state index in [1.54, 1.807) is 11.8 Å². The Balaban J connectivity index is 2.55. The van der Waals surface area contributed by atoms with Gasteiger partial charge in [-0.05, 0) is 12.8 Å². The molecule has 1 aliphatic rings. The van der Waals surface area contributed by atoms with Crippen LogP contribution in [-0.4, -0.2) is 16.5 Å². The lowest BCUT2D eigenvalue weighted by molar-refractivity contribution is 0.548. The first-order chi connectivity index (χ1) is 4.61. The third kappa shape index (κ3) is 1.45. The van der Waals surface area contributed by atoms with E-state index < -0.39 is 0 Å². The van der Waals surface area contributed by atoms with E-state index in [1.165, 1.54) is 0 Å². The van der Waals surface area contributed by atoms with Gasteiger partial charge in [0.1, 0.15) is 0 Å². The van der Waals surface area contributed by atoms with Crippen molar-refractivity contribution in [1.82, 2.24) is 0 Å². The van der Waals surface area contributed by atoms with Crippen LogP contribution in [0.25, 0.3) is 0 Å². The van der Waals surface area contributed by atoms with E-state index in [0.29, 0.717) is 17.2 Å². The Morgan fingerprint density at radius 1 is 1.60 bits per heavy atom. The van der Waals surface area contributed by atoms with Crippen molar-refractivity contribution in [3.8, 4) is 0 Å². The molecule has 10 heavy (non-hydrogen) atoms. The molecular weight excluding hydrogens is 144 g/mol.